The lowest BCUT2D eigenvalue weighted by Gasteiger charge is -2.11. The molecule has 0 saturated carbocycles. The average Bonchev–Trinajstić information content (AvgIpc) is 3.04. The van der Waals surface area contributed by atoms with Crippen LogP contribution in [-0.4, -0.2) is 113 Å². The van der Waals surface area contributed by atoms with Gasteiger partial charge in [0.25, 0.3) is 35.0 Å². The summed E-state index contributed by atoms with van der Waals surface area (Å²) >= 11 is 0. The van der Waals surface area contributed by atoms with Crippen molar-refractivity contribution in [3.05, 3.63) is 78.9 Å². The van der Waals surface area contributed by atoms with Gasteiger partial charge < -0.3 is 40.2 Å². The lowest BCUT2D eigenvalue weighted by atomic mass is 10.1. The van der Waals surface area contributed by atoms with Gasteiger partial charge in [0.05, 0.1) is 62.7 Å². The molecular weight excluding hydrogens is 612 g/mol. The summed E-state index contributed by atoms with van der Waals surface area (Å²) in [6.45, 7) is 1.31. The van der Waals surface area contributed by atoms with Crippen LogP contribution in [0.2, 0.25) is 0 Å². The molecule has 0 aliphatic carbocycles. The predicted octanol–water partition coefficient (Wildman–Crippen LogP) is 0.202. The van der Waals surface area contributed by atoms with Gasteiger partial charge in [0.2, 0.25) is 0 Å². The fourth-order valence-corrected chi connectivity index (χ4v) is 3.96. The van der Waals surface area contributed by atoms with Crippen molar-refractivity contribution in [3.63, 3.8) is 0 Å². The Bertz CT molecular complexity index is 1230. The van der Waals surface area contributed by atoms with Gasteiger partial charge in [0, 0.05) is 72.7 Å². The highest BCUT2D eigenvalue weighted by atomic mass is 16.6. The van der Waals surface area contributed by atoms with Crippen LogP contribution in [0, 0.1) is 20.2 Å². The van der Waals surface area contributed by atoms with Crippen molar-refractivity contribution in [2.75, 3.05) is 79.0 Å². The Morgan fingerprint density at radius 2 is 0.674 bits per heavy atom. The first kappa shape index (κ1) is 35.4. The zero-order chi connectivity index (χ0) is 33.3. The molecule has 0 atom stereocenters. The maximum Gasteiger partial charge on any atom is 0.271 e. The van der Waals surface area contributed by atoms with E-state index in [0.29, 0.717) is 0 Å². The largest absolute Gasteiger partial charge is 0.377 e. The zero-order valence-corrected chi connectivity index (χ0v) is 24.7. The standard InChI is InChI=1S/C28H34N6O12/c35-25-19-13-20(16-23(15-19)33(39)40)26(36)30-3-7-45-11-12-46-8-4-32-28(38)22-14-21(17-24(18-22)34(41)42)27(37)31-2-6-44-10-9-43-5-1-29-25/h13-18H,1-12H2,(H,29,35)(H,30,36)(H,31,37)(H,32,38). The van der Waals surface area contributed by atoms with Crippen molar-refractivity contribution in [1.82, 2.24) is 21.3 Å². The molecule has 0 aromatic heterocycles. The molecule has 1 aliphatic heterocycles. The number of rotatable bonds is 2. The van der Waals surface area contributed by atoms with E-state index in [-0.39, 0.29) is 101 Å². The van der Waals surface area contributed by atoms with Gasteiger partial charge in [-0.1, -0.05) is 0 Å². The van der Waals surface area contributed by atoms with E-state index in [2.05, 4.69) is 21.3 Å². The molecule has 3 rings (SSSR count). The number of hydrogen-bond acceptors (Lipinski definition) is 12. The lowest BCUT2D eigenvalue weighted by Crippen LogP contribution is -2.30. The molecule has 1 aliphatic rings. The van der Waals surface area contributed by atoms with Crippen LogP contribution < -0.4 is 21.3 Å². The second-order valence-corrected chi connectivity index (χ2v) is 9.52. The average molecular weight is 647 g/mol. The van der Waals surface area contributed by atoms with Crippen LogP contribution in [0.3, 0.4) is 0 Å². The molecule has 18 heteroatoms. The summed E-state index contributed by atoms with van der Waals surface area (Å²) in [4.78, 5) is 71.7. The van der Waals surface area contributed by atoms with Gasteiger partial charge in [-0.05, 0) is 12.1 Å². The first-order valence-electron chi connectivity index (χ1n) is 14.2. The molecule has 0 fully saturated rings. The molecule has 4 bridgehead atoms. The van der Waals surface area contributed by atoms with Gasteiger partial charge in [-0.15, -0.1) is 0 Å². The van der Waals surface area contributed by atoms with Crippen LogP contribution in [0.4, 0.5) is 11.4 Å². The number of nitrogens with one attached hydrogen (secondary N) is 4. The van der Waals surface area contributed by atoms with E-state index in [0.717, 1.165) is 24.3 Å². The summed E-state index contributed by atoms with van der Waals surface area (Å²) in [6.07, 6.45) is 0. The van der Waals surface area contributed by atoms with Gasteiger partial charge in [0.1, 0.15) is 0 Å². The summed E-state index contributed by atoms with van der Waals surface area (Å²) in [5, 5.41) is 33.0. The van der Waals surface area contributed by atoms with Gasteiger partial charge in [-0.25, -0.2) is 0 Å². The summed E-state index contributed by atoms with van der Waals surface area (Å²) in [5.41, 5.74) is -1.14. The van der Waals surface area contributed by atoms with Gasteiger partial charge in [0.15, 0.2) is 0 Å². The van der Waals surface area contributed by atoms with Crippen molar-refractivity contribution in [1.29, 1.82) is 0 Å². The van der Waals surface area contributed by atoms with Crippen LogP contribution in [0.15, 0.2) is 36.4 Å². The number of ether oxygens (including phenoxy) is 4. The molecule has 2 aromatic carbocycles. The second-order valence-electron chi connectivity index (χ2n) is 9.52. The molecule has 0 radical (unpaired) electrons. The quantitative estimate of drug-likeness (QED) is 0.253. The van der Waals surface area contributed by atoms with Crippen molar-refractivity contribution >= 4 is 35.0 Å². The van der Waals surface area contributed by atoms with Crippen LogP contribution in [0.1, 0.15) is 41.4 Å². The molecule has 0 saturated heterocycles. The Hall–Kier alpha value is -5.04. The normalized spacial score (nSPS) is 17.4. The van der Waals surface area contributed by atoms with E-state index < -0.39 is 44.9 Å². The third-order valence-corrected chi connectivity index (χ3v) is 6.18. The Labute approximate surface area is 262 Å². The monoisotopic (exact) mass is 646 g/mol. The lowest BCUT2D eigenvalue weighted by molar-refractivity contribution is -0.385. The van der Waals surface area contributed by atoms with E-state index in [4.69, 9.17) is 18.9 Å². The maximum absolute atomic E-state index is 12.6. The van der Waals surface area contributed by atoms with E-state index in [1.807, 2.05) is 0 Å². The number of non-ortho nitro benzene ring substituents is 2. The number of benzene rings is 2. The molecule has 0 unspecified atom stereocenters. The minimum Gasteiger partial charge on any atom is -0.377 e. The first-order chi connectivity index (χ1) is 22.2. The van der Waals surface area contributed by atoms with Crippen molar-refractivity contribution in [2.45, 2.75) is 0 Å². The fourth-order valence-electron chi connectivity index (χ4n) is 3.96. The third kappa shape index (κ3) is 11.8. The molecule has 248 valence electrons. The van der Waals surface area contributed by atoms with E-state index in [1.54, 1.807) is 0 Å². The van der Waals surface area contributed by atoms with Crippen LogP contribution in [0.25, 0.3) is 0 Å². The molecule has 18 nitrogen and oxygen atoms in total. The fraction of sp³-hybridized carbons (Fsp3) is 0.429. The molecule has 4 N–H and O–H groups in total. The number of nitro benzene ring substituents is 2. The summed E-state index contributed by atoms with van der Waals surface area (Å²) in [5.74, 6) is -2.53. The van der Waals surface area contributed by atoms with Crippen molar-refractivity contribution < 1.29 is 48.0 Å². The number of fused-ring (bicyclic) bond motifs is 4. The number of nitro groups is 2. The minimum absolute atomic E-state index is 0.0728. The second kappa shape index (κ2) is 18.7. The van der Waals surface area contributed by atoms with E-state index in [1.165, 1.54) is 12.1 Å². The van der Waals surface area contributed by atoms with Crippen LogP contribution in [-0.2, 0) is 18.9 Å². The molecule has 0 spiro atoms. The number of hydrogen-bond donors (Lipinski definition) is 4. The number of nitrogens with zero attached hydrogens (tertiary/aromatic N) is 2. The summed E-state index contributed by atoms with van der Waals surface area (Å²) < 4.78 is 21.5. The van der Waals surface area contributed by atoms with Gasteiger partial charge in [-0.2, -0.15) is 0 Å². The number of amides is 4. The number of carbonyl (C=O) groups excluding carboxylic acids is 4. The zero-order valence-electron chi connectivity index (χ0n) is 24.7. The highest BCUT2D eigenvalue weighted by Crippen LogP contribution is 2.19. The smallest absolute Gasteiger partial charge is 0.271 e. The Morgan fingerprint density at radius 3 is 0.891 bits per heavy atom. The van der Waals surface area contributed by atoms with E-state index in [9.17, 15) is 39.4 Å². The van der Waals surface area contributed by atoms with Gasteiger partial charge >= 0.3 is 0 Å². The topological polar surface area (TPSA) is 240 Å². The maximum atomic E-state index is 12.6. The highest BCUT2D eigenvalue weighted by Gasteiger charge is 2.19. The highest BCUT2D eigenvalue weighted by molar-refractivity contribution is 6.01. The SMILES string of the molecule is O=C1NCCOCCOCCNC(=O)c2cc(cc([N+](=O)[O-])c2)C(=O)NCCOCCOCCNC(=O)c2cc1cc([N+](=O)[O-])c2. The van der Waals surface area contributed by atoms with Crippen molar-refractivity contribution in [2.24, 2.45) is 0 Å². The molecule has 46 heavy (non-hydrogen) atoms. The molecular formula is C28H34N6O12. The van der Waals surface area contributed by atoms with Crippen LogP contribution >= 0.6 is 0 Å². The molecule has 2 aromatic rings. The van der Waals surface area contributed by atoms with Crippen molar-refractivity contribution in [3.8, 4) is 0 Å². The molecule has 4 amide bonds. The minimum atomic E-state index is -0.702. The first-order valence-corrected chi connectivity index (χ1v) is 14.2. The Balaban J connectivity index is 1.60. The summed E-state index contributed by atoms with van der Waals surface area (Å²) in [7, 11) is 0. The summed E-state index contributed by atoms with van der Waals surface area (Å²) in [6, 6.07) is 6.75. The molecule has 1 heterocycles. The Morgan fingerprint density at radius 1 is 0.435 bits per heavy atom. The van der Waals surface area contributed by atoms with E-state index >= 15 is 0 Å². The third-order valence-electron chi connectivity index (χ3n) is 6.18. The Kier molecular flexibility index (Phi) is 14.4. The number of carbonyl (C=O) groups is 4. The van der Waals surface area contributed by atoms with Gasteiger partial charge in [-0.3, -0.25) is 39.4 Å². The predicted molar refractivity (Wildman–Crippen MR) is 159 cm³/mol. The van der Waals surface area contributed by atoms with Crippen LogP contribution in [0.5, 0.6) is 0 Å².